The SMILES string of the molecule is COc1cccc2c1C(=O)c1c(O)c3c(c(O)c1C2=O)C[C@](O)(C#N)C[C@@H]3O[C@@H]1C[C@H](NC(=O)C(F)(F)F)[C@H](O)[C@H](C)O1. The number of hydrogen-bond donors (Lipinski definition) is 5. The molecule has 15 heteroatoms. The first-order valence-corrected chi connectivity index (χ1v) is 13.0. The number of rotatable bonds is 4. The maximum absolute atomic E-state index is 13.6. The van der Waals surface area contributed by atoms with Crippen LogP contribution in [0.3, 0.4) is 0 Å². The molecule has 2 aromatic carbocycles. The molecule has 6 atom stereocenters. The molecule has 2 aromatic rings. The van der Waals surface area contributed by atoms with Crippen LogP contribution < -0.4 is 10.1 Å². The second-order valence-electron chi connectivity index (χ2n) is 10.6. The van der Waals surface area contributed by atoms with E-state index in [2.05, 4.69) is 0 Å². The van der Waals surface area contributed by atoms with E-state index in [1.807, 2.05) is 0 Å². The van der Waals surface area contributed by atoms with E-state index in [0.717, 1.165) is 0 Å². The molecule has 12 nitrogen and oxygen atoms in total. The predicted molar refractivity (Wildman–Crippen MR) is 135 cm³/mol. The normalized spacial score (nSPS) is 28.3. The molecule has 0 saturated carbocycles. The Balaban J connectivity index is 1.58. The van der Waals surface area contributed by atoms with Crippen molar-refractivity contribution in [2.75, 3.05) is 7.11 Å². The summed E-state index contributed by atoms with van der Waals surface area (Å²) in [6.45, 7) is 1.31. The van der Waals surface area contributed by atoms with Gasteiger partial charge in [0.2, 0.25) is 5.78 Å². The monoisotopic (exact) mass is 606 g/mol. The number of fused-ring (bicyclic) bond motifs is 3. The molecule has 3 aliphatic rings. The number of methoxy groups -OCH3 is 1. The highest BCUT2D eigenvalue weighted by atomic mass is 19.4. The van der Waals surface area contributed by atoms with Crippen LogP contribution in [-0.2, 0) is 20.7 Å². The molecule has 0 bridgehead atoms. The lowest BCUT2D eigenvalue weighted by atomic mass is 9.73. The number of ketones is 2. The lowest BCUT2D eigenvalue weighted by Crippen LogP contribution is -2.57. The van der Waals surface area contributed by atoms with Gasteiger partial charge in [-0.3, -0.25) is 14.4 Å². The van der Waals surface area contributed by atoms with E-state index in [1.54, 1.807) is 11.4 Å². The van der Waals surface area contributed by atoms with Crippen LogP contribution in [-0.4, -0.2) is 81.3 Å². The van der Waals surface area contributed by atoms with E-state index < -0.39 is 102 Å². The Labute approximate surface area is 241 Å². The third kappa shape index (κ3) is 4.95. The first kappa shape index (κ1) is 30.2. The Hall–Kier alpha value is -4.23. The van der Waals surface area contributed by atoms with E-state index in [1.165, 1.54) is 32.2 Å². The van der Waals surface area contributed by atoms with Gasteiger partial charge in [-0.15, -0.1) is 0 Å². The van der Waals surface area contributed by atoms with Crippen LogP contribution in [0.5, 0.6) is 17.2 Å². The highest BCUT2D eigenvalue weighted by Crippen LogP contribution is 2.52. The summed E-state index contributed by atoms with van der Waals surface area (Å²) >= 11 is 0. The van der Waals surface area contributed by atoms with Crippen LogP contribution in [0.15, 0.2) is 18.2 Å². The van der Waals surface area contributed by atoms with Gasteiger partial charge in [-0.05, 0) is 13.0 Å². The van der Waals surface area contributed by atoms with Gasteiger partial charge in [-0.2, -0.15) is 18.4 Å². The number of carbonyl (C=O) groups excluding carboxylic acids is 3. The van der Waals surface area contributed by atoms with Crippen molar-refractivity contribution in [2.45, 2.75) is 68.6 Å². The van der Waals surface area contributed by atoms with Gasteiger partial charge >= 0.3 is 12.1 Å². The van der Waals surface area contributed by atoms with E-state index in [9.17, 15) is 53.2 Å². The van der Waals surface area contributed by atoms with Crippen molar-refractivity contribution in [1.82, 2.24) is 5.32 Å². The molecular formula is C28H25F3N2O10. The summed E-state index contributed by atoms with van der Waals surface area (Å²) in [6.07, 6.45) is -12.6. The number of aliphatic hydroxyl groups is 2. The Bertz CT molecular complexity index is 1590. The molecule has 1 saturated heterocycles. The first-order chi connectivity index (χ1) is 20.1. The second-order valence-corrected chi connectivity index (χ2v) is 10.6. The molecule has 0 spiro atoms. The smallest absolute Gasteiger partial charge is 0.471 e. The molecular weight excluding hydrogens is 581 g/mol. The van der Waals surface area contributed by atoms with E-state index >= 15 is 0 Å². The van der Waals surface area contributed by atoms with Crippen molar-refractivity contribution in [1.29, 1.82) is 5.26 Å². The van der Waals surface area contributed by atoms with Crippen LogP contribution in [0.4, 0.5) is 13.2 Å². The van der Waals surface area contributed by atoms with Crippen LogP contribution in [0, 0.1) is 11.3 Å². The summed E-state index contributed by atoms with van der Waals surface area (Å²) in [5, 5.41) is 55.5. The number of carbonyl (C=O) groups is 3. The predicted octanol–water partition coefficient (Wildman–Crippen LogP) is 1.68. The number of benzene rings is 2. The lowest BCUT2D eigenvalue weighted by molar-refractivity contribution is -0.249. The number of halogens is 3. The molecule has 1 fully saturated rings. The second kappa shape index (κ2) is 10.5. The maximum Gasteiger partial charge on any atom is 0.471 e. The molecule has 0 radical (unpaired) electrons. The zero-order valence-electron chi connectivity index (χ0n) is 22.6. The number of nitrogens with zero attached hydrogens (tertiary/aromatic N) is 1. The van der Waals surface area contributed by atoms with Crippen molar-refractivity contribution >= 4 is 17.5 Å². The minimum atomic E-state index is -5.24. The topological polar surface area (TPSA) is 196 Å². The molecule has 43 heavy (non-hydrogen) atoms. The fraction of sp³-hybridized carbons (Fsp3) is 0.429. The summed E-state index contributed by atoms with van der Waals surface area (Å²) in [6, 6.07) is 4.40. The molecule has 1 amide bonds. The lowest BCUT2D eigenvalue weighted by Gasteiger charge is -2.42. The standard InChI is InChI=1S/C28H25F3N2O10/c1-10-21(34)13(33-26(39)28(29,30)31)6-16(42-10)43-15-8-27(40,9-32)7-12-18(15)25(38)20-19(23(12)36)22(35)11-4-3-5-14(41-2)17(11)24(20)37/h3-5,10,13,15-16,21,34,36,38,40H,6-8H2,1-2H3,(H,33,39)/t10-,13-,15-,16+,21+,27+/m0/s1. The number of alkyl halides is 3. The number of nitriles is 1. The minimum Gasteiger partial charge on any atom is -0.507 e. The van der Waals surface area contributed by atoms with Gasteiger partial charge in [-0.25, -0.2) is 0 Å². The Morgan fingerprint density at radius 2 is 1.84 bits per heavy atom. The van der Waals surface area contributed by atoms with Crippen molar-refractivity contribution < 1.29 is 62.2 Å². The zero-order chi connectivity index (χ0) is 31.6. The molecule has 5 rings (SSSR count). The largest absolute Gasteiger partial charge is 0.507 e. The fourth-order valence-electron chi connectivity index (χ4n) is 5.83. The summed E-state index contributed by atoms with van der Waals surface area (Å²) in [4.78, 5) is 38.7. The number of phenols is 2. The van der Waals surface area contributed by atoms with Crippen LogP contribution in [0.1, 0.15) is 68.8 Å². The van der Waals surface area contributed by atoms with Gasteiger partial charge < -0.3 is 40.0 Å². The highest BCUT2D eigenvalue weighted by Gasteiger charge is 2.49. The molecule has 5 N–H and O–H groups in total. The van der Waals surface area contributed by atoms with Gasteiger partial charge in [0.1, 0.15) is 23.4 Å². The summed E-state index contributed by atoms with van der Waals surface area (Å²) in [7, 11) is 1.27. The zero-order valence-corrected chi connectivity index (χ0v) is 22.6. The molecule has 0 unspecified atom stereocenters. The average molecular weight is 607 g/mol. The fourth-order valence-corrected chi connectivity index (χ4v) is 5.83. The van der Waals surface area contributed by atoms with Crippen LogP contribution in [0.25, 0.3) is 0 Å². The third-order valence-electron chi connectivity index (χ3n) is 7.88. The number of ether oxygens (including phenoxy) is 3. The van der Waals surface area contributed by atoms with Gasteiger partial charge in [0.05, 0.1) is 48.1 Å². The van der Waals surface area contributed by atoms with E-state index in [-0.39, 0.29) is 28.0 Å². The third-order valence-corrected chi connectivity index (χ3v) is 7.88. The Kier molecular flexibility index (Phi) is 7.38. The van der Waals surface area contributed by atoms with Gasteiger partial charge in [0.15, 0.2) is 17.7 Å². The van der Waals surface area contributed by atoms with Crippen molar-refractivity contribution in [2.24, 2.45) is 0 Å². The van der Waals surface area contributed by atoms with E-state index in [0.29, 0.717) is 0 Å². The van der Waals surface area contributed by atoms with Gasteiger partial charge in [0.25, 0.3) is 0 Å². The number of nitrogens with one attached hydrogen (secondary N) is 1. The van der Waals surface area contributed by atoms with Gasteiger partial charge in [-0.1, -0.05) is 12.1 Å². The van der Waals surface area contributed by atoms with Crippen molar-refractivity contribution in [3.05, 3.63) is 51.6 Å². The minimum absolute atomic E-state index is 0.0277. The van der Waals surface area contributed by atoms with Crippen LogP contribution >= 0.6 is 0 Å². The maximum atomic E-state index is 13.6. The van der Waals surface area contributed by atoms with Crippen molar-refractivity contribution in [3.63, 3.8) is 0 Å². The summed E-state index contributed by atoms with van der Waals surface area (Å²) in [5.74, 6) is -5.53. The molecule has 1 aliphatic heterocycles. The number of hydrogen-bond acceptors (Lipinski definition) is 11. The van der Waals surface area contributed by atoms with E-state index in [4.69, 9.17) is 14.2 Å². The molecule has 1 heterocycles. The van der Waals surface area contributed by atoms with Crippen molar-refractivity contribution in [3.8, 4) is 23.3 Å². The number of phenolic OH excluding ortho intramolecular Hbond substituents is 2. The Morgan fingerprint density at radius 3 is 2.47 bits per heavy atom. The Morgan fingerprint density at radius 1 is 1.16 bits per heavy atom. The molecule has 228 valence electrons. The summed E-state index contributed by atoms with van der Waals surface area (Å²) in [5.41, 5.74) is -4.14. The molecule has 0 aromatic heterocycles. The highest BCUT2D eigenvalue weighted by molar-refractivity contribution is 6.31. The number of aromatic hydroxyl groups is 2. The number of amides is 1. The summed E-state index contributed by atoms with van der Waals surface area (Å²) < 4.78 is 55.3. The number of aliphatic hydroxyl groups excluding tert-OH is 1. The van der Waals surface area contributed by atoms with Gasteiger partial charge in [0, 0.05) is 36.0 Å². The van der Waals surface area contributed by atoms with Crippen LogP contribution in [0.2, 0.25) is 0 Å². The first-order valence-electron chi connectivity index (χ1n) is 13.0. The average Bonchev–Trinajstić information content (AvgIpc) is 2.94. The quantitative estimate of drug-likeness (QED) is 0.214. The molecule has 2 aliphatic carbocycles.